The molecule has 1 rings (SSSR count). The molecule has 0 N–H and O–H groups in total. The third-order valence-electron chi connectivity index (χ3n) is 2.04. The maximum Gasteiger partial charge on any atom is 0.306 e. The van der Waals surface area contributed by atoms with Gasteiger partial charge >= 0.3 is 5.97 Å². The number of carbonyl (C=O) groups is 1. The van der Waals surface area contributed by atoms with Gasteiger partial charge in [0.2, 0.25) is 0 Å². The Bertz CT molecular complexity index is 320. The number of hydrogen-bond acceptors (Lipinski definition) is 4. The van der Waals surface area contributed by atoms with Gasteiger partial charge < -0.3 is 9.30 Å². The van der Waals surface area contributed by atoms with E-state index in [1.165, 1.54) is 0 Å². The Balaban J connectivity index is 2.46. The van der Waals surface area contributed by atoms with Crippen LogP contribution in [0, 0.1) is 6.92 Å². The first-order valence-corrected chi connectivity index (χ1v) is 4.65. The standard InChI is InChI=1S/C9H15N3O2/c1-4-14-9(13)6-5-8-11-10-7(2)12(8)3/h4-6H2,1-3H3. The number of esters is 1. The van der Waals surface area contributed by atoms with E-state index in [4.69, 9.17) is 4.74 Å². The molecular weight excluding hydrogens is 182 g/mol. The molecule has 0 fully saturated rings. The Kier molecular flexibility index (Phi) is 3.62. The van der Waals surface area contributed by atoms with E-state index in [9.17, 15) is 4.79 Å². The van der Waals surface area contributed by atoms with E-state index in [1.807, 2.05) is 18.5 Å². The van der Waals surface area contributed by atoms with Crippen molar-refractivity contribution >= 4 is 5.97 Å². The molecule has 0 aliphatic heterocycles. The van der Waals surface area contributed by atoms with Crippen molar-refractivity contribution in [3.63, 3.8) is 0 Å². The lowest BCUT2D eigenvalue weighted by atomic mass is 10.3. The van der Waals surface area contributed by atoms with Gasteiger partial charge in [0.25, 0.3) is 0 Å². The summed E-state index contributed by atoms with van der Waals surface area (Å²) in [6, 6.07) is 0. The fourth-order valence-electron chi connectivity index (χ4n) is 1.12. The highest BCUT2D eigenvalue weighted by molar-refractivity contribution is 5.69. The van der Waals surface area contributed by atoms with Crippen LogP contribution < -0.4 is 0 Å². The molecule has 0 saturated heterocycles. The Hall–Kier alpha value is -1.39. The van der Waals surface area contributed by atoms with Crippen molar-refractivity contribution in [2.45, 2.75) is 26.7 Å². The minimum atomic E-state index is -0.187. The lowest BCUT2D eigenvalue weighted by Gasteiger charge is -2.01. The molecule has 0 amide bonds. The molecule has 1 aromatic heterocycles. The molecule has 0 bridgehead atoms. The van der Waals surface area contributed by atoms with Gasteiger partial charge in [0.1, 0.15) is 11.6 Å². The zero-order valence-corrected chi connectivity index (χ0v) is 8.78. The summed E-state index contributed by atoms with van der Waals surface area (Å²) in [6.07, 6.45) is 0.940. The molecule has 5 heteroatoms. The van der Waals surface area contributed by atoms with E-state index in [0.29, 0.717) is 19.4 Å². The smallest absolute Gasteiger partial charge is 0.306 e. The average Bonchev–Trinajstić information content (AvgIpc) is 2.46. The van der Waals surface area contributed by atoms with Crippen LogP contribution in [0.3, 0.4) is 0 Å². The van der Waals surface area contributed by atoms with Crippen LogP contribution in [-0.4, -0.2) is 27.3 Å². The van der Waals surface area contributed by atoms with Gasteiger partial charge in [0.15, 0.2) is 0 Å². The summed E-state index contributed by atoms with van der Waals surface area (Å²) >= 11 is 0. The molecule has 0 aromatic carbocycles. The number of nitrogens with zero attached hydrogens (tertiary/aromatic N) is 3. The lowest BCUT2D eigenvalue weighted by molar-refractivity contribution is -0.143. The van der Waals surface area contributed by atoms with Gasteiger partial charge in [-0.3, -0.25) is 4.79 Å². The molecule has 1 aromatic rings. The van der Waals surface area contributed by atoms with E-state index in [-0.39, 0.29) is 5.97 Å². The molecule has 0 aliphatic carbocycles. The minimum Gasteiger partial charge on any atom is -0.466 e. The quantitative estimate of drug-likeness (QED) is 0.664. The van der Waals surface area contributed by atoms with Crippen molar-refractivity contribution in [1.82, 2.24) is 14.8 Å². The molecule has 0 spiro atoms. The number of aromatic nitrogens is 3. The van der Waals surface area contributed by atoms with Crippen molar-refractivity contribution in [3.8, 4) is 0 Å². The van der Waals surface area contributed by atoms with Gasteiger partial charge in [-0.2, -0.15) is 0 Å². The van der Waals surface area contributed by atoms with Crippen LogP contribution in [-0.2, 0) is 23.0 Å². The van der Waals surface area contributed by atoms with Gasteiger partial charge in [-0.1, -0.05) is 0 Å². The zero-order chi connectivity index (χ0) is 10.6. The largest absolute Gasteiger partial charge is 0.466 e. The normalized spacial score (nSPS) is 10.2. The fourth-order valence-corrected chi connectivity index (χ4v) is 1.12. The molecule has 0 aliphatic rings. The third kappa shape index (κ3) is 2.55. The van der Waals surface area contributed by atoms with Crippen LogP contribution in [0.1, 0.15) is 25.0 Å². The van der Waals surface area contributed by atoms with Crippen molar-refractivity contribution in [3.05, 3.63) is 11.6 Å². The first kappa shape index (κ1) is 10.7. The highest BCUT2D eigenvalue weighted by Crippen LogP contribution is 2.01. The minimum absolute atomic E-state index is 0.187. The maximum atomic E-state index is 11.1. The summed E-state index contributed by atoms with van der Waals surface area (Å²) in [5, 5.41) is 7.85. The van der Waals surface area contributed by atoms with Gasteiger partial charge in [0, 0.05) is 13.5 Å². The average molecular weight is 197 g/mol. The van der Waals surface area contributed by atoms with Crippen molar-refractivity contribution < 1.29 is 9.53 Å². The summed E-state index contributed by atoms with van der Waals surface area (Å²) in [5.74, 6) is 1.48. The van der Waals surface area contributed by atoms with Crippen LogP contribution in [0.2, 0.25) is 0 Å². The van der Waals surface area contributed by atoms with Crippen LogP contribution >= 0.6 is 0 Å². The predicted octanol–water partition coefficient (Wildman–Crippen LogP) is 0.619. The third-order valence-corrected chi connectivity index (χ3v) is 2.04. The number of ether oxygens (including phenoxy) is 1. The van der Waals surface area contributed by atoms with Crippen LogP contribution in [0.5, 0.6) is 0 Å². The Morgan fingerprint density at radius 3 is 2.71 bits per heavy atom. The van der Waals surface area contributed by atoms with Crippen molar-refractivity contribution in [2.75, 3.05) is 6.61 Å². The summed E-state index contributed by atoms with van der Waals surface area (Å²) < 4.78 is 6.69. The SMILES string of the molecule is CCOC(=O)CCc1nnc(C)n1C. The second kappa shape index (κ2) is 4.74. The summed E-state index contributed by atoms with van der Waals surface area (Å²) in [6.45, 7) is 4.10. The molecule has 5 nitrogen and oxygen atoms in total. The second-order valence-electron chi connectivity index (χ2n) is 3.03. The van der Waals surface area contributed by atoms with E-state index in [2.05, 4.69) is 10.2 Å². The van der Waals surface area contributed by atoms with Crippen molar-refractivity contribution in [2.24, 2.45) is 7.05 Å². The van der Waals surface area contributed by atoms with E-state index >= 15 is 0 Å². The first-order valence-electron chi connectivity index (χ1n) is 4.65. The van der Waals surface area contributed by atoms with Gasteiger partial charge in [-0.15, -0.1) is 10.2 Å². The van der Waals surface area contributed by atoms with Crippen LogP contribution in [0.25, 0.3) is 0 Å². The summed E-state index contributed by atoms with van der Waals surface area (Å²) in [4.78, 5) is 11.1. The van der Waals surface area contributed by atoms with E-state index in [1.54, 1.807) is 6.92 Å². The van der Waals surface area contributed by atoms with Gasteiger partial charge in [0.05, 0.1) is 13.0 Å². The van der Waals surface area contributed by atoms with Crippen LogP contribution in [0.4, 0.5) is 0 Å². The van der Waals surface area contributed by atoms with E-state index in [0.717, 1.165) is 11.6 Å². The number of aryl methyl sites for hydroxylation is 2. The van der Waals surface area contributed by atoms with Gasteiger partial charge in [-0.25, -0.2) is 0 Å². The van der Waals surface area contributed by atoms with E-state index < -0.39 is 0 Å². The number of hydrogen-bond donors (Lipinski definition) is 0. The zero-order valence-electron chi connectivity index (χ0n) is 8.78. The molecule has 14 heavy (non-hydrogen) atoms. The molecule has 78 valence electrons. The highest BCUT2D eigenvalue weighted by atomic mass is 16.5. The number of rotatable bonds is 4. The Morgan fingerprint density at radius 1 is 1.50 bits per heavy atom. The molecule has 0 saturated carbocycles. The van der Waals surface area contributed by atoms with Gasteiger partial charge in [-0.05, 0) is 13.8 Å². The topological polar surface area (TPSA) is 57.0 Å². The molecule has 1 heterocycles. The Labute approximate surface area is 83.1 Å². The van der Waals surface area contributed by atoms with Crippen LogP contribution in [0.15, 0.2) is 0 Å². The molecular formula is C9H15N3O2. The summed E-state index contributed by atoms with van der Waals surface area (Å²) in [5.41, 5.74) is 0. The fraction of sp³-hybridized carbons (Fsp3) is 0.667. The second-order valence-corrected chi connectivity index (χ2v) is 3.03. The summed E-state index contributed by atoms with van der Waals surface area (Å²) in [7, 11) is 1.88. The molecule has 0 radical (unpaired) electrons. The van der Waals surface area contributed by atoms with Crippen molar-refractivity contribution in [1.29, 1.82) is 0 Å². The Morgan fingerprint density at radius 2 is 2.21 bits per heavy atom. The monoisotopic (exact) mass is 197 g/mol. The maximum absolute atomic E-state index is 11.1. The molecule has 0 atom stereocenters. The highest BCUT2D eigenvalue weighted by Gasteiger charge is 2.08. The molecule has 0 unspecified atom stereocenters. The number of carbonyl (C=O) groups excluding carboxylic acids is 1. The predicted molar refractivity (Wildman–Crippen MR) is 50.7 cm³/mol. The first-order chi connectivity index (χ1) is 6.65. The lowest BCUT2D eigenvalue weighted by Crippen LogP contribution is -2.08.